The molecule has 0 saturated heterocycles. The van der Waals surface area contributed by atoms with Crippen molar-refractivity contribution in [3.8, 4) is 50.2 Å². The number of anilines is 3. The lowest BCUT2D eigenvalue weighted by Gasteiger charge is -2.29. The van der Waals surface area contributed by atoms with Gasteiger partial charge in [0.25, 0.3) is 0 Å². The summed E-state index contributed by atoms with van der Waals surface area (Å²) in [5, 5.41) is 5.23. The zero-order valence-electron chi connectivity index (χ0n) is 37.0. The lowest BCUT2D eigenvalue weighted by molar-refractivity contribution is 0.445. The lowest BCUT2D eigenvalue weighted by Crippen LogP contribution is -2.11. The number of nitrogens with zero attached hydrogens (tertiary/aromatic N) is 2. The van der Waals surface area contributed by atoms with Crippen molar-refractivity contribution in [3.05, 3.63) is 242 Å². The van der Waals surface area contributed by atoms with Gasteiger partial charge in [0, 0.05) is 33.4 Å². The predicted octanol–water partition coefficient (Wildman–Crippen LogP) is 18.1. The molecule has 1 saturated carbocycles. The fraction of sp³-hybridized carbons (Fsp3) is 0.0938. The van der Waals surface area contributed by atoms with Crippen LogP contribution in [-0.2, 0) is 0 Å². The summed E-state index contributed by atoms with van der Waals surface area (Å²) in [5.74, 6) is 0.585. The Labute approximate surface area is 387 Å². The molecule has 0 amide bonds. The Morgan fingerprint density at radius 1 is 0.364 bits per heavy atom. The van der Waals surface area contributed by atoms with Crippen LogP contribution in [0.15, 0.2) is 237 Å². The van der Waals surface area contributed by atoms with E-state index in [2.05, 4.69) is 246 Å². The van der Waals surface area contributed by atoms with Crippen molar-refractivity contribution in [2.45, 2.75) is 38.0 Å². The van der Waals surface area contributed by atoms with Crippen molar-refractivity contribution in [1.82, 2.24) is 4.57 Å². The Morgan fingerprint density at radius 2 is 0.879 bits per heavy atom. The molecule has 1 heterocycles. The van der Waals surface area contributed by atoms with Crippen molar-refractivity contribution in [2.24, 2.45) is 0 Å². The van der Waals surface area contributed by atoms with Gasteiger partial charge in [0.1, 0.15) is 0 Å². The third kappa shape index (κ3) is 7.25. The van der Waals surface area contributed by atoms with E-state index in [4.69, 9.17) is 0 Å². The number of fused-ring (bicyclic) bond motifs is 4. The first-order chi connectivity index (χ1) is 32.7. The first-order valence-electron chi connectivity index (χ1n) is 23.6. The van der Waals surface area contributed by atoms with E-state index >= 15 is 0 Å². The fourth-order valence-corrected chi connectivity index (χ4v) is 10.8. The minimum absolute atomic E-state index is 0.585. The number of hydrogen-bond acceptors (Lipinski definition) is 1. The van der Waals surface area contributed by atoms with Gasteiger partial charge in [0.2, 0.25) is 0 Å². The minimum Gasteiger partial charge on any atom is -0.310 e. The zero-order chi connectivity index (χ0) is 43.8. The minimum atomic E-state index is 0.585. The highest BCUT2D eigenvalue weighted by molar-refractivity contribution is 6.10. The quantitative estimate of drug-likeness (QED) is 0.140. The monoisotopic (exact) mass is 846 g/mol. The van der Waals surface area contributed by atoms with E-state index in [-0.39, 0.29) is 0 Å². The van der Waals surface area contributed by atoms with Crippen LogP contribution in [0.3, 0.4) is 0 Å². The molecule has 0 N–H and O–H groups in total. The van der Waals surface area contributed by atoms with Crippen LogP contribution < -0.4 is 4.90 Å². The highest BCUT2D eigenvalue weighted by Gasteiger charge is 2.23. The molecule has 0 atom stereocenters. The molecule has 0 unspecified atom stereocenters. The SMILES string of the molecule is c1ccc(-c2ccc(-c3ccc(N(c4ccc(-c5ccc6c7ccccc7n(-c7ccccc7)c6c5)cc4)c4ccccc4-c4cccc5cccc(C6CCCCC6)c45)cc3)cc2)cc1. The Bertz CT molecular complexity index is 3460. The van der Waals surface area contributed by atoms with Crippen LogP contribution in [0.5, 0.6) is 0 Å². The molecule has 12 rings (SSSR count). The molecule has 1 fully saturated rings. The molecular weight excluding hydrogens is 797 g/mol. The molecular formula is C64H50N2. The summed E-state index contributed by atoms with van der Waals surface area (Å²) in [6, 6.07) is 87.1. The van der Waals surface area contributed by atoms with E-state index in [0.717, 1.165) is 22.7 Å². The maximum Gasteiger partial charge on any atom is 0.0547 e. The molecule has 0 aliphatic heterocycles. The number of aromatic nitrogens is 1. The largest absolute Gasteiger partial charge is 0.310 e. The Balaban J connectivity index is 0.975. The van der Waals surface area contributed by atoms with Gasteiger partial charge < -0.3 is 9.47 Å². The summed E-state index contributed by atoms with van der Waals surface area (Å²) >= 11 is 0. The summed E-state index contributed by atoms with van der Waals surface area (Å²) < 4.78 is 2.40. The van der Waals surface area contributed by atoms with Gasteiger partial charge in [0.05, 0.1) is 16.7 Å². The van der Waals surface area contributed by atoms with Gasteiger partial charge in [-0.1, -0.05) is 201 Å². The van der Waals surface area contributed by atoms with Crippen LogP contribution in [0.2, 0.25) is 0 Å². The van der Waals surface area contributed by atoms with E-state index in [0.29, 0.717) is 5.92 Å². The Hall–Kier alpha value is -7.94. The van der Waals surface area contributed by atoms with Gasteiger partial charge in [-0.2, -0.15) is 0 Å². The number of para-hydroxylation sites is 3. The second-order valence-electron chi connectivity index (χ2n) is 17.9. The normalized spacial score (nSPS) is 13.1. The number of rotatable bonds is 9. The number of hydrogen-bond donors (Lipinski definition) is 0. The van der Waals surface area contributed by atoms with E-state index in [1.807, 2.05) is 0 Å². The van der Waals surface area contributed by atoms with Crippen LogP contribution in [-0.4, -0.2) is 4.57 Å². The highest BCUT2D eigenvalue weighted by atomic mass is 15.1. The third-order valence-corrected chi connectivity index (χ3v) is 14.0. The van der Waals surface area contributed by atoms with Gasteiger partial charge in [-0.15, -0.1) is 0 Å². The third-order valence-electron chi connectivity index (χ3n) is 14.0. The highest BCUT2D eigenvalue weighted by Crippen LogP contribution is 2.46. The summed E-state index contributed by atoms with van der Waals surface area (Å²) in [5.41, 5.74) is 18.2. The van der Waals surface area contributed by atoms with Crippen LogP contribution in [0.4, 0.5) is 17.1 Å². The second kappa shape index (κ2) is 17.2. The van der Waals surface area contributed by atoms with E-state index in [1.165, 1.54) is 115 Å². The van der Waals surface area contributed by atoms with Crippen LogP contribution in [0.25, 0.3) is 82.8 Å². The van der Waals surface area contributed by atoms with E-state index in [9.17, 15) is 0 Å². The molecule has 0 radical (unpaired) electrons. The molecule has 2 heteroatoms. The van der Waals surface area contributed by atoms with Crippen molar-refractivity contribution in [3.63, 3.8) is 0 Å². The first-order valence-corrected chi connectivity index (χ1v) is 23.6. The summed E-state index contributed by atoms with van der Waals surface area (Å²) in [6.45, 7) is 0. The molecule has 316 valence electrons. The van der Waals surface area contributed by atoms with Crippen molar-refractivity contribution in [2.75, 3.05) is 4.90 Å². The van der Waals surface area contributed by atoms with Crippen LogP contribution in [0, 0.1) is 0 Å². The van der Waals surface area contributed by atoms with E-state index in [1.54, 1.807) is 0 Å². The average molecular weight is 847 g/mol. The standard InChI is InChI=1S/C64H50N2/c1-4-16-45(17-5-1)46-30-32-47(33-31-46)48-34-39-54(40-35-48)65(61-28-12-11-25-58(61)60-27-15-21-51-20-14-26-56(64(51)60)50-18-6-2-7-19-50)55-41-36-49(37-42-55)52-38-43-59-57-24-10-13-29-62(57)66(63(59)44-52)53-22-8-3-9-23-53/h1,3-5,8-17,20-44,50H,2,6-7,18-19H2. The fourth-order valence-electron chi connectivity index (χ4n) is 10.8. The predicted molar refractivity (Wildman–Crippen MR) is 281 cm³/mol. The molecule has 10 aromatic carbocycles. The van der Waals surface area contributed by atoms with Crippen molar-refractivity contribution < 1.29 is 0 Å². The molecule has 2 nitrogen and oxygen atoms in total. The van der Waals surface area contributed by atoms with Crippen LogP contribution >= 0.6 is 0 Å². The summed E-state index contributed by atoms with van der Waals surface area (Å²) in [7, 11) is 0. The molecule has 0 bridgehead atoms. The molecule has 1 aromatic heterocycles. The van der Waals surface area contributed by atoms with Gasteiger partial charge in [0.15, 0.2) is 0 Å². The van der Waals surface area contributed by atoms with Crippen molar-refractivity contribution in [1.29, 1.82) is 0 Å². The average Bonchev–Trinajstić information content (AvgIpc) is 3.73. The number of benzene rings is 10. The molecule has 0 spiro atoms. The van der Waals surface area contributed by atoms with Gasteiger partial charge >= 0.3 is 0 Å². The molecule has 11 aromatic rings. The van der Waals surface area contributed by atoms with Gasteiger partial charge in [-0.05, 0) is 129 Å². The van der Waals surface area contributed by atoms with Gasteiger partial charge in [-0.3, -0.25) is 0 Å². The smallest absolute Gasteiger partial charge is 0.0547 e. The Morgan fingerprint density at radius 3 is 1.58 bits per heavy atom. The Kier molecular flexibility index (Phi) is 10.3. The maximum atomic E-state index is 2.46. The van der Waals surface area contributed by atoms with E-state index < -0.39 is 0 Å². The summed E-state index contributed by atoms with van der Waals surface area (Å²) in [4.78, 5) is 2.46. The maximum absolute atomic E-state index is 2.46. The lowest BCUT2D eigenvalue weighted by atomic mass is 9.80. The van der Waals surface area contributed by atoms with Crippen LogP contribution in [0.1, 0.15) is 43.6 Å². The summed E-state index contributed by atoms with van der Waals surface area (Å²) in [6.07, 6.45) is 6.48. The zero-order valence-corrected chi connectivity index (χ0v) is 37.0. The molecule has 66 heavy (non-hydrogen) atoms. The molecule has 1 aliphatic rings. The second-order valence-corrected chi connectivity index (χ2v) is 17.9. The first kappa shape index (κ1) is 39.6. The topological polar surface area (TPSA) is 8.17 Å². The van der Waals surface area contributed by atoms with Crippen molar-refractivity contribution >= 4 is 49.6 Å². The van der Waals surface area contributed by atoms with Gasteiger partial charge in [-0.25, -0.2) is 0 Å². The molecule has 1 aliphatic carbocycles.